The summed E-state index contributed by atoms with van der Waals surface area (Å²) in [5.41, 5.74) is 6.72. The van der Waals surface area contributed by atoms with Crippen molar-refractivity contribution in [3.8, 4) is 0 Å². The van der Waals surface area contributed by atoms with Crippen molar-refractivity contribution in [2.75, 3.05) is 0 Å². The molecule has 14 heavy (non-hydrogen) atoms. The quantitative estimate of drug-likeness (QED) is 0.729. The van der Waals surface area contributed by atoms with E-state index in [1.54, 1.807) is 12.1 Å². The fraction of sp³-hybridized carbons (Fsp3) is 0.100. The van der Waals surface area contributed by atoms with Gasteiger partial charge in [-0.05, 0) is 17.7 Å². The summed E-state index contributed by atoms with van der Waals surface area (Å²) in [5, 5.41) is 0. The maximum atomic E-state index is 12.9. The normalized spacial score (nSPS) is 10.7. The zero-order valence-electron chi connectivity index (χ0n) is 7.40. The van der Waals surface area contributed by atoms with Gasteiger partial charge in [0.2, 0.25) is 0 Å². The van der Waals surface area contributed by atoms with Crippen molar-refractivity contribution < 1.29 is 4.39 Å². The number of hydrogen-bond donors (Lipinski definition) is 1. The van der Waals surface area contributed by atoms with E-state index < -0.39 is 5.82 Å². The molecule has 0 spiro atoms. The Hall–Kier alpha value is -1.68. The molecule has 0 unspecified atom stereocenters. The Morgan fingerprint density at radius 2 is 2.07 bits per heavy atom. The van der Waals surface area contributed by atoms with Crippen molar-refractivity contribution in [2.24, 2.45) is 5.73 Å². The van der Waals surface area contributed by atoms with Gasteiger partial charge in [-0.3, -0.25) is 9.20 Å². The zero-order valence-corrected chi connectivity index (χ0v) is 7.40. The summed E-state index contributed by atoms with van der Waals surface area (Å²) in [7, 11) is 0. The summed E-state index contributed by atoms with van der Waals surface area (Å²) >= 11 is 0. The lowest BCUT2D eigenvalue weighted by molar-refractivity contribution is 0.618. The molecule has 4 heteroatoms. The van der Waals surface area contributed by atoms with Crippen molar-refractivity contribution in [3.63, 3.8) is 0 Å². The number of nitrogens with two attached hydrogens (primary N) is 1. The van der Waals surface area contributed by atoms with Crippen LogP contribution in [-0.4, -0.2) is 4.40 Å². The largest absolute Gasteiger partial charge is 0.326 e. The van der Waals surface area contributed by atoms with Crippen molar-refractivity contribution >= 4 is 5.52 Å². The van der Waals surface area contributed by atoms with Crippen LogP contribution in [0.1, 0.15) is 5.56 Å². The van der Waals surface area contributed by atoms with Crippen molar-refractivity contribution in [3.05, 3.63) is 52.2 Å². The Morgan fingerprint density at radius 3 is 2.79 bits per heavy atom. The predicted octanol–water partition coefficient (Wildman–Crippen LogP) is 0.897. The highest BCUT2D eigenvalue weighted by Gasteiger charge is 2.01. The first-order valence-electron chi connectivity index (χ1n) is 4.22. The lowest BCUT2D eigenvalue weighted by atomic mass is 10.2. The smallest absolute Gasteiger partial charge is 0.255 e. The standard InChI is InChI=1S/C10H9FN2O/c11-8-2-3-9-7(5-12)1-4-10(14)13(9)6-8/h1-4,6H,5,12H2. The van der Waals surface area contributed by atoms with Gasteiger partial charge in [0.05, 0.1) is 5.52 Å². The van der Waals surface area contributed by atoms with E-state index in [0.717, 1.165) is 11.8 Å². The molecule has 2 aromatic heterocycles. The fourth-order valence-electron chi connectivity index (χ4n) is 1.43. The first-order valence-corrected chi connectivity index (χ1v) is 4.22. The van der Waals surface area contributed by atoms with E-state index in [0.29, 0.717) is 12.1 Å². The minimum atomic E-state index is -0.436. The molecule has 3 nitrogen and oxygen atoms in total. The van der Waals surface area contributed by atoms with Crippen LogP contribution >= 0.6 is 0 Å². The minimum Gasteiger partial charge on any atom is -0.326 e. The fourth-order valence-corrected chi connectivity index (χ4v) is 1.43. The van der Waals surface area contributed by atoms with Crippen LogP contribution in [0.15, 0.2) is 35.3 Å². The van der Waals surface area contributed by atoms with Gasteiger partial charge >= 0.3 is 0 Å². The first kappa shape index (κ1) is 8.90. The Kier molecular flexibility index (Phi) is 2.05. The number of hydrogen-bond acceptors (Lipinski definition) is 2. The second-order valence-corrected chi connectivity index (χ2v) is 3.00. The van der Waals surface area contributed by atoms with Gasteiger partial charge in [0.1, 0.15) is 5.82 Å². The molecule has 0 aliphatic heterocycles. The molecule has 72 valence electrons. The van der Waals surface area contributed by atoms with E-state index >= 15 is 0 Å². The third-order valence-corrected chi connectivity index (χ3v) is 2.13. The van der Waals surface area contributed by atoms with Crippen molar-refractivity contribution in [1.82, 2.24) is 4.40 Å². The van der Waals surface area contributed by atoms with Crippen LogP contribution in [0, 0.1) is 5.82 Å². The lowest BCUT2D eigenvalue weighted by Crippen LogP contribution is -2.14. The molecule has 0 fully saturated rings. The van der Waals surface area contributed by atoms with Crippen LogP contribution < -0.4 is 11.3 Å². The van der Waals surface area contributed by atoms with Gasteiger partial charge in [-0.15, -0.1) is 0 Å². The molecule has 0 aliphatic rings. The molecule has 2 aromatic rings. The molecule has 0 atom stereocenters. The Morgan fingerprint density at radius 1 is 1.29 bits per heavy atom. The van der Waals surface area contributed by atoms with Crippen molar-refractivity contribution in [1.29, 1.82) is 0 Å². The van der Waals surface area contributed by atoms with E-state index in [-0.39, 0.29) is 5.56 Å². The summed E-state index contributed by atoms with van der Waals surface area (Å²) in [6.45, 7) is 0.329. The highest BCUT2D eigenvalue weighted by atomic mass is 19.1. The van der Waals surface area contributed by atoms with Crippen LogP contribution in [0.5, 0.6) is 0 Å². The maximum Gasteiger partial charge on any atom is 0.255 e. The predicted molar refractivity (Wildman–Crippen MR) is 51.5 cm³/mol. The monoisotopic (exact) mass is 192 g/mol. The van der Waals surface area contributed by atoms with Gasteiger partial charge in [0, 0.05) is 18.8 Å². The molecular formula is C10H9FN2O. The maximum absolute atomic E-state index is 12.9. The lowest BCUT2D eigenvalue weighted by Gasteiger charge is -2.04. The van der Waals surface area contributed by atoms with Crippen LogP contribution in [0.2, 0.25) is 0 Å². The van der Waals surface area contributed by atoms with Gasteiger partial charge in [-0.1, -0.05) is 6.07 Å². The minimum absolute atomic E-state index is 0.253. The topological polar surface area (TPSA) is 47.5 Å². The van der Waals surface area contributed by atoms with E-state index in [9.17, 15) is 9.18 Å². The molecule has 0 bridgehead atoms. The summed E-state index contributed by atoms with van der Waals surface area (Å²) < 4.78 is 14.1. The Labute approximate surface area is 79.6 Å². The van der Waals surface area contributed by atoms with E-state index in [1.165, 1.54) is 16.5 Å². The second kappa shape index (κ2) is 3.23. The number of pyridine rings is 2. The summed E-state index contributed by atoms with van der Waals surface area (Å²) in [5.74, 6) is -0.436. The molecule has 0 saturated heterocycles. The van der Waals surface area contributed by atoms with Crippen LogP contribution in [-0.2, 0) is 6.54 Å². The Bertz CT molecular complexity index is 533. The number of halogens is 1. The van der Waals surface area contributed by atoms with Crippen molar-refractivity contribution in [2.45, 2.75) is 6.54 Å². The average Bonchev–Trinajstić information content (AvgIpc) is 2.19. The van der Waals surface area contributed by atoms with Gasteiger partial charge in [0.15, 0.2) is 0 Å². The highest BCUT2D eigenvalue weighted by Crippen LogP contribution is 2.08. The number of aromatic nitrogens is 1. The van der Waals surface area contributed by atoms with Gasteiger partial charge in [-0.2, -0.15) is 0 Å². The summed E-state index contributed by atoms with van der Waals surface area (Å²) in [6.07, 6.45) is 1.16. The van der Waals surface area contributed by atoms with Crippen LogP contribution in [0.3, 0.4) is 0 Å². The molecular weight excluding hydrogens is 183 g/mol. The molecule has 2 N–H and O–H groups in total. The molecule has 0 aliphatic carbocycles. The molecule has 0 saturated carbocycles. The van der Waals surface area contributed by atoms with E-state index in [2.05, 4.69) is 0 Å². The average molecular weight is 192 g/mol. The first-order chi connectivity index (χ1) is 6.72. The van der Waals surface area contributed by atoms with Gasteiger partial charge in [-0.25, -0.2) is 4.39 Å². The molecule has 2 rings (SSSR count). The number of fused-ring (bicyclic) bond motifs is 1. The third kappa shape index (κ3) is 1.29. The van der Waals surface area contributed by atoms with E-state index in [1.807, 2.05) is 0 Å². The summed E-state index contributed by atoms with van der Waals surface area (Å²) in [4.78, 5) is 11.4. The Balaban J connectivity index is 2.91. The third-order valence-electron chi connectivity index (χ3n) is 2.13. The molecule has 2 heterocycles. The van der Waals surface area contributed by atoms with Crippen LogP contribution in [0.4, 0.5) is 4.39 Å². The van der Waals surface area contributed by atoms with E-state index in [4.69, 9.17) is 5.73 Å². The van der Waals surface area contributed by atoms with Gasteiger partial charge in [0.25, 0.3) is 5.56 Å². The molecule has 0 aromatic carbocycles. The molecule has 0 radical (unpaired) electrons. The zero-order chi connectivity index (χ0) is 10.1. The number of rotatable bonds is 1. The SMILES string of the molecule is NCc1ccc(=O)n2cc(F)ccc12. The molecule has 0 amide bonds. The van der Waals surface area contributed by atoms with Gasteiger partial charge < -0.3 is 5.73 Å². The second-order valence-electron chi connectivity index (χ2n) is 3.00. The van der Waals surface area contributed by atoms with Crippen LogP contribution in [0.25, 0.3) is 5.52 Å². The number of nitrogens with zero attached hydrogens (tertiary/aromatic N) is 1. The highest BCUT2D eigenvalue weighted by molar-refractivity contribution is 5.54. The summed E-state index contributed by atoms with van der Waals surface area (Å²) in [6, 6.07) is 5.91.